The van der Waals surface area contributed by atoms with Crippen LogP contribution in [0.25, 0.3) is 0 Å². The standard InChI is InChI=1S/C16H18ClNO3S/c1-11(2)21-16-14(17)5-4-6-15(16)18-22(19,20)13-9-7-12(3)8-10-13/h4-11,18H,1-3H3. The van der Waals surface area contributed by atoms with Crippen LogP contribution >= 0.6 is 11.6 Å². The van der Waals surface area contributed by atoms with Crippen molar-refractivity contribution in [2.75, 3.05) is 4.72 Å². The Morgan fingerprint density at radius 2 is 1.73 bits per heavy atom. The van der Waals surface area contributed by atoms with Crippen LogP contribution in [0.5, 0.6) is 5.75 Å². The number of ether oxygens (including phenoxy) is 1. The van der Waals surface area contributed by atoms with E-state index < -0.39 is 10.0 Å². The molecule has 0 radical (unpaired) electrons. The topological polar surface area (TPSA) is 55.4 Å². The first-order valence-corrected chi connectivity index (χ1v) is 8.70. The highest BCUT2D eigenvalue weighted by Crippen LogP contribution is 2.35. The molecule has 0 fully saturated rings. The summed E-state index contributed by atoms with van der Waals surface area (Å²) in [5.74, 6) is 0.329. The van der Waals surface area contributed by atoms with Crippen molar-refractivity contribution >= 4 is 27.3 Å². The van der Waals surface area contributed by atoms with Gasteiger partial charge in [0.25, 0.3) is 10.0 Å². The number of halogens is 1. The molecule has 0 bridgehead atoms. The Morgan fingerprint density at radius 1 is 1.09 bits per heavy atom. The van der Waals surface area contributed by atoms with E-state index in [-0.39, 0.29) is 11.0 Å². The van der Waals surface area contributed by atoms with Crippen molar-refractivity contribution in [3.8, 4) is 5.75 Å². The maximum absolute atomic E-state index is 12.5. The van der Waals surface area contributed by atoms with E-state index in [1.165, 1.54) is 0 Å². The van der Waals surface area contributed by atoms with E-state index in [9.17, 15) is 8.42 Å². The molecule has 0 aliphatic rings. The minimum Gasteiger partial charge on any atom is -0.487 e. The summed E-state index contributed by atoms with van der Waals surface area (Å²) >= 11 is 6.11. The van der Waals surface area contributed by atoms with Gasteiger partial charge in [-0.25, -0.2) is 8.42 Å². The Labute approximate surface area is 136 Å². The second kappa shape index (κ2) is 6.58. The third-order valence-corrected chi connectivity index (χ3v) is 4.58. The van der Waals surface area contributed by atoms with Crippen LogP contribution in [0.2, 0.25) is 5.02 Å². The smallest absolute Gasteiger partial charge is 0.262 e. The van der Waals surface area contributed by atoms with Crippen molar-refractivity contribution in [2.24, 2.45) is 0 Å². The van der Waals surface area contributed by atoms with Crippen molar-refractivity contribution in [1.82, 2.24) is 0 Å². The van der Waals surface area contributed by atoms with Crippen LogP contribution in [0.15, 0.2) is 47.4 Å². The minimum absolute atomic E-state index is 0.123. The molecule has 2 aromatic rings. The van der Waals surface area contributed by atoms with E-state index in [4.69, 9.17) is 16.3 Å². The monoisotopic (exact) mass is 339 g/mol. The summed E-state index contributed by atoms with van der Waals surface area (Å²) in [6.07, 6.45) is -0.123. The highest BCUT2D eigenvalue weighted by atomic mass is 35.5. The molecule has 4 nitrogen and oxygen atoms in total. The summed E-state index contributed by atoms with van der Waals surface area (Å²) in [4.78, 5) is 0.188. The summed E-state index contributed by atoms with van der Waals surface area (Å²) < 4.78 is 33.1. The van der Waals surface area contributed by atoms with Crippen LogP contribution in [0, 0.1) is 6.92 Å². The van der Waals surface area contributed by atoms with E-state index in [2.05, 4.69) is 4.72 Å². The maximum atomic E-state index is 12.5. The van der Waals surface area contributed by atoms with Crippen LogP contribution in [0.4, 0.5) is 5.69 Å². The van der Waals surface area contributed by atoms with Gasteiger partial charge in [0.15, 0.2) is 5.75 Å². The highest BCUT2D eigenvalue weighted by Gasteiger charge is 2.18. The zero-order valence-electron chi connectivity index (χ0n) is 12.6. The predicted octanol–water partition coefficient (Wildman–Crippen LogP) is 4.24. The summed E-state index contributed by atoms with van der Waals surface area (Å²) in [5, 5.41) is 0.359. The third-order valence-electron chi connectivity index (χ3n) is 2.90. The molecule has 0 spiro atoms. The number of sulfonamides is 1. The minimum atomic E-state index is -3.69. The molecule has 2 aromatic carbocycles. The zero-order valence-corrected chi connectivity index (χ0v) is 14.2. The number of aryl methyl sites for hydroxylation is 1. The Hall–Kier alpha value is -1.72. The Morgan fingerprint density at radius 3 is 2.32 bits per heavy atom. The van der Waals surface area contributed by atoms with E-state index in [0.29, 0.717) is 16.5 Å². The van der Waals surface area contributed by atoms with Crippen LogP contribution in [0.3, 0.4) is 0 Å². The number of hydrogen-bond acceptors (Lipinski definition) is 3. The molecular formula is C16H18ClNO3S. The molecule has 0 saturated carbocycles. The van der Waals surface area contributed by atoms with E-state index in [1.54, 1.807) is 42.5 Å². The molecular weight excluding hydrogens is 322 g/mol. The van der Waals surface area contributed by atoms with Crippen molar-refractivity contribution < 1.29 is 13.2 Å². The van der Waals surface area contributed by atoms with Crippen molar-refractivity contribution in [3.05, 3.63) is 53.1 Å². The van der Waals surface area contributed by atoms with Gasteiger partial charge in [0.1, 0.15) is 0 Å². The lowest BCUT2D eigenvalue weighted by Crippen LogP contribution is -2.15. The molecule has 0 aliphatic carbocycles. The average Bonchev–Trinajstić information content (AvgIpc) is 2.42. The van der Waals surface area contributed by atoms with Gasteiger partial charge in [-0.2, -0.15) is 0 Å². The number of nitrogens with one attached hydrogen (secondary N) is 1. The van der Waals surface area contributed by atoms with Crippen LogP contribution in [-0.4, -0.2) is 14.5 Å². The van der Waals surface area contributed by atoms with Gasteiger partial charge in [0.05, 0.1) is 21.7 Å². The largest absolute Gasteiger partial charge is 0.487 e. The van der Waals surface area contributed by atoms with Crippen molar-refractivity contribution in [3.63, 3.8) is 0 Å². The molecule has 0 aromatic heterocycles. The fourth-order valence-electron chi connectivity index (χ4n) is 1.87. The molecule has 0 unspecified atom stereocenters. The molecule has 2 rings (SSSR count). The van der Waals surface area contributed by atoms with Gasteiger partial charge < -0.3 is 4.74 Å². The lowest BCUT2D eigenvalue weighted by molar-refractivity contribution is 0.244. The molecule has 1 N–H and O–H groups in total. The first kappa shape index (κ1) is 16.6. The normalized spacial score (nSPS) is 11.5. The summed E-state index contributed by atoms with van der Waals surface area (Å²) in [7, 11) is -3.69. The first-order chi connectivity index (χ1) is 10.3. The number of hydrogen-bond donors (Lipinski definition) is 1. The molecule has 0 saturated heterocycles. The lowest BCUT2D eigenvalue weighted by atomic mass is 10.2. The second-order valence-electron chi connectivity index (χ2n) is 5.20. The van der Waals surface area contributed by atoms with E-state index in [0.717, 1.165) is 5.56 Å². The van der Waals surface area contributed by atoms with Gasteiger partial charge in [-0.1, -0.05) is 35.4 Å². The van der Waals surface area contributed by atoms with Gasteiger partial charge in [0, 0.05) is 0 Å². The molecule has 0 atom stereocenters. The van der Waals surface area contributed by atoms with Crippen molar-refractivity contribution in [1.29, 1.82) is 0 Å². The van der Waals surface area contributed by atoms with Crippen LogP contribution in [-0.2, 0) is 10.0 Å². The molecule has 22 heavy (non-hydrogen) atoms. The maximum Gasteiger partial charge on any atom is 0.262 e. The first-order valence-electron chi connectivity index (χ1n) is 6.84. The Bertz CT molecular complexity index is 755. The fraction of sp³-hybridized carbons (Fsp3) is 0.250. The number of rotatable bonds is 5. The number of anilines is 1. The quantitative estimate of drug-likeness (QED) is 0.886. The number of para-hydroxylation sites is 1. The fourth-order valence-corrected chi connectivity index (χ4v) is 3.15. The number of benzene rings is 2. The highest BCUT2D eigenvalue weighted by molar-refractivity contribution is 7.92. The average molecular weight is 340 g/mol. The molecule has 118 valence electrons. The molecule has 0 heterocycles. The SMILES string of the molecule is Cc1ccc(S(=O)(=O)Nc2cccc(Cl)c2OC(C)C)cc1. The van der Waals surface area contributed by atoms with Gasteiger partial charge >= 0.3 is 0 Å². The lowest BCUT2D eigenvalue weighted by Gasteiger charge is -2.17. The van der Waals surface area contributed by atoms with Gasteiger partial charge in [-0.3, -0.25) is 4.72 Å². The summed E-state index contributed by atoms with van der Waals surface area (Å²) in [6, 6.07) is 11.6. The van der Waals surface area contributed by atoms with Gasteiger partial charge in [-0.05, 0) is 45.0 Å². The van der Waals surface area contributed by atoms with Crippen molar-refractivity contribution in [2.45, 2.75) is 31.8 Å². The van der Waals surface area contributed by atoms with Crippen LogP contribution in [0.1, 0.15) is 19.4 Å². The van der Waals surface area contributed by atoms with Crippen LogP contribution < -0.4 is 9.46 Å². The summed E-state index contributed by atoms with van der Waals surface area (Å²) in [5.41, 5.74) is 1.31. The Balaban J connectivity index is 2.37. The van der Waals surface area contributed by atoms with Gasteiger partial charge in [-0.15, -0.1) is 0 Å². The zero-order chi connectivity index (χ0) is 16.3. The summed E-state index contributed by atoms with van der Waals surface area (Å²) in [6.45, 7) is 5.60. The third kappa shape index (κ3) is 3.93. The van der Waals surface area contributed by atoms with E-state index in [1.807, 2.05) is 20.8 Å². The predicted molar refractivity (Wildman–Crippen MR) is 89.2 cm³/mol. The second-order valence-corrected chi connectivity index (χ2v) is 7.29. The van der Waals surface area contributed by atoms with E-state index >= 15 is 0 Å². The van der Waals surface area contributed by atoms with Gasteiger partial charge in [0.2, 0.25) is 0 Å². The molecule has 0 amide bonds. The molecule has 6 heteroatoms. The Kier molecular flexibility index (Phi) is 4.98. The molecule has 0 aliphatic heterocycles.